The molecule has 0 aliphatic rings. The summed E-state index contributed by atoms with van der Waals surface area (Å²) in [7, 11) is 0. The van der Waals surface area contributed by atoms with Crippen molar-refractivity contribution in [1.29, 1.82) is 0 Å². The van der Waals surface area contributed by atoms with Crippen molar-refractivity contribution >= 4 is 28.8 Å². The molecule has 102 valence electrons. The van der Waals surface area contributed by atoms with Gasteiger partial charge in [-0.1, -0.05) is 13.8 Å². The highest BCUT2D eigenvalue weighted by molar-refractivity contribution is 7.09. The molecular weight excluding hydrogens is 270 g/mol. The van der Waals surface area contributed by atoms with E-state index in [0.29, 0.717) is 18.8 Å². The van der Waals surface area contributed by atoms with Crippen LogP contribution < -0.4 is 5.32 Å². The number of alkyl halides is 1. The maximum atomic E-state index is 11.7. The number of hydrogen-bond donors (Lipinski definition) is 1. The van der Waals surface area contributed by atoms with E-state index in [2.05, 4.69) is 29.0 Å². The van der Waals surface area contributed by atoms with Crippen LogP contribution in [0, 0.1) is 0 Å². The Hall–Kier alpha value is -0.650. The summed E-state index contributed by atoms with van der Waals surface area (Å²) in [5, 5.41) is 5.63. The highest BCUT2D eigenvalue weighted by Gasteiger charge is 2.07. The Labute approximate surface area is 117 Å². The first-order chi connectivity index (χ1) is 8.69. The van der Waals surface area contributed by atoms with Crippen molar-refractivity contribution in [3.05, 3.63) is 16.1 Å². The molecule has 18 heavy (non-hydrogen) atoms. The van der Waals surface area contributed by atoms with Gasteiger partial charge in [0, 0.05) is 18.5 Å². The molecule has 1 amide bonds. The SMILES string of the molecule is CCN(CC)CCNC(=O)Cc1nc(CCl)cs1. The normalized spacial score (nSPS) is 10.9. The van der Waals surface area contributed by atoms with Gasteiger partial charge >= 0.3 is 0 Å². The Morgan fingerprint density at radius 1 is 1.50 bits per heavy atom. The average molecular weight is 290 g/mol. The van der Waals surface area contributed by atoms with Crippen LogP contribution in [0.4, 0.5) is 0 Å². The van der Waals surface area contributed by atoms with Crippen LogP contribution in [0.2, 0.25) is 0 Å². The molecule has 1 heterocycles. The van der Waals surface area contributed by atoms with Crippen LogP contribution >= 0.6 is 22.9 Å². The van der Waals surface area contributed by atoms with E-state index < -0.39 is 0 Å². The standard InChI is InChI=1S/C12H20ClN3OS/c1-3-16(4-2)6-5-14-11(17)7-12-15-10(8-13)9-18-12/h9H,3-8H2,1-2H3,(H,14,17). The second-order valence-corrected chi connectivity index (χ2v) is 5.13. The number of nitrogens with one attached hydrogen (secondary N) is 1. The predicted molar refractivity (Wildman–Crippen MR) is 76.2 cm³/mol. The third-order valence-corrected chi connectivity index (χ3v) is 3.86. The molecule has 1 rings (SSSR count). The number of carbonyl (C=O) groups is 1. The number of nitrogens with zero attached hydrogens (tertiary/aromatic N) is 2. The largest absolute Gasteiger partial charge is 0.354 e. The highest BCUT2D eigenvalue weighted by atomic mass is 35.5. The fraction of sp³-hybridized carbons (Fsp3) is 0.667. The zero-order valence-corrected chi connectivity index (χ0v) is 12.5. The lowest BCUT2D eigenvalue weighted by atomic mass is 10.4. The summed E-state index contributed by atoms with van der Waals surface area (Å²) in [6.07, 6.45) is 0.347. The fourth-order valence-corrected chi connectivity index (χ4v) is 2.61. The zero-order valence-electron chi connectivity index (χ0n) is 10.9. The van der Waals surface area contributed by atoms with E-state index in [9.17, 15) is 4.79 Å². The highest BCUT2D eigenvalue weighted by Crippen LogP contribution is 2.11. The van der Waals surface area contributed by atoms with Gasteiger partial charge in [0.1, 0.15) is 5.01 Å². The van der Waals surface area contributed by atoms with E-state index in [1.165, 1.54) is 11.3 Å². The molecule has 0 bridgehead atoms. The average Bonchev–Trinajstić information content (AvgIpc) is 2.82. The Morgan fingerprint density at radius 2 is 2.22 bits per heavy atom. The van der Waals surface area contributed by atoms with Crippen LogP contribution in [0.25, 0.3) is 0 Å². The minimum Gasteiger partial charge on any atom is -0.354 e. The minimum absolute atomic E-state index is 0.0256. The van der Waals surface area contributed by atoms with Gasteiger partial charge in [0.2, 0.25) is 5.91 Å². The molecule has 0 radical (unpaired) electrons. The van der Waals surface area contributed by atoms with Crippen molar-refractivity contribution in [1.82, 2.24) is 15.2 Å². The monoisotopic (exact) mass is 289 g/mol. The second kappa shape index (κ2) is 8.45. The summed E-state index contributed by atoms with van der Waals surface area (Å²) >= 11 is 7.15. The Bertz CT molecular complexity index is 366. The molecule has 0 saturated heterocycles. The van der Waals surface area contributed by atoms with Crippen molar-refractivity contribution in [3.63, 3.8) is 0 Å². The van der Waals surface area contributed by atoms with Crippen LogP contribution in [0.1, 0.15) is 24.5 Å². The van der Waals surface area contributed by atoms with Crippen molar-refractivity contribution < 1.29 is 4.79 Å². The number of carbonyl (C=O) groups excluding carboxylic acids is 1. The number of amides is 1. The summed E-state index contributed by atoms with van der Waals surface area (Å²) in [6, 6.07) is 0. The molecule has 0 atom stereocenters. The van der Waals surface area contributed by atoms with Crippen LogP contribution in [-0.4, -0.2) is 42.0 Å². The van der Waals surface area contributed by atoms with Crippen molar-refractivity contribution in [2.24, 2.45) is 0 Å². The van der Waals surface area contributed by atoms with Crippen LogP contribution in [0.15, 0.2) is 5.38 Å². The van der Waals surface area contributed by atoms with Gasteiger partial charge in [-0.05, 0) is 13.1 Å². The van der Waals surface area contributed by atoms with Gasteiger partial charge in [-0.15, -0.1) is 22.9 Å². The maximum absolute atomic E-state index is 11.7. The van der Waals surface area contributed by atoms with E-state index in [1.54, 1.807) is 0 Å². The van der Waals surface area contributed by atoms with Crippen molar-refractivity contribution in [2.75, 3.05) is 26.2 Å². The van der Waals surface area contributed by atoms with Crippen molar-refractivity contribution in [3.8, 4) is 0 Å². The van der Waals surface area contributed by atoms with Gasteiger partial charge in [-0.3, -0.25) is 4.79 Å². The zero-order chi connectivity index (χ0) is 13.4. The summed E-state index contributed by atoms with van der Waals surface area (Å²) in [5.74, 6) is 0.428. The smallest absolute Gasteiger partial charge is 0.226 e. The quantitative estimate of drug-likeness (QED) is 0.743. The number of likely N-dealkylation sites (N-methyl/N-ethyl adjacent to an activating group) is 1. The molecule has 0 aromatic carbocycles. The summed E-state index contributed by atoms with van der Waals surface area (Å²) in [6.45, 7) is 7.84. The Balaban J connectivity index is 2.25. The van der Waals surface area contributed by atoms with E-state index in [-0.39, 0.29) is 5.91 Å². The molecule has 0 saturated carbocycles. The molecule has 6 heteroatoms. The Kier molecular flexibility index (Phi) is 7.23. The lowest BCUT2D eigenvalue weighted by Crippen LogP contribution is -2.35. The van der Waals surface area contributed by atoms with Gasteiger partial charge < -0.3 is 10.2 Å². The van der Waals surface area contributed by atoms with Crippen LogP contribution in [0.5, 0.6) is 0 Å². The minimum atomic E-state index is 0.0256. The second-order valence-electron chi connectivity index (χ2n) is 3.92. The third kappa shape index (κ3) is 5.33. The van der Waals surface area contributed by atoms with Gasteiger partial charge in [0.25, 0.3) is 0 Å². The maximum Gasteiger partial charge on any atom is 0.226 e. The lowest BCUT2D eigenvalue weighted by molar-refractivity contribution is -0.120. The van der Waals surface area contributed by atoms with Crippen LogP contribution in [-0.2, 0) is 17.1 Å². The molecule has 0 unspecified atom stereocenters. The Morgan fingerprint density at radius 3 is 2.78 bits per heavy atom. The first-order valence-electron chi connectivity index (χ1n) is 6.17. The van der Waals surface area contributed by atoms with Crippen LogP contribution in [0.3, 0.4) is 0 Å². The number of halogens is 1. The summed E-state index contributed by atoms with van der Waals surface area (Å²) in [5.41, 5.74) is 0.840. The van der Waals surface area contributed by atoms with Gasteiger partial charge in [-0.2, -0.15) is 0 Å². The molecule has 1 N–H and O–H groups in total. The summed E-state index contributed by atoms with van der Waals surface area (Å²) < 4.78 is 0. The van der Waals surface area contributed by atoms with E-state index in [1.807, 2.05) is 5.38 Å². The number of hydrogen-bond acceptors (Lipinski definition) is 4. The molecular formula is C12H20ClN3OS. The first kappa shape index (κ1) is 15.4. The topological polar surface area (TPSA) is 45.2 Å². The van der Waals surface area contributed by atoms with Crippen molar-refractivity contribution in [2.45, 2.75) is 26.1 Å². The summed E-state index contributed by atoms with van der Waals surface area (Å²) in [4.78, 5) is 18.2. The van der Waals surface area contributed by atoms with E-state index >= 15 is 0 Å². The van der Waals surface area contributed by atoms with Gasteiger partial charge in [-0.25, -0.2) is 4.98 Å². The first-order valence-corrected chi connectivity index (χ1v) is 7.59. The van der Waals surface area contributed by atoms with E-state index in [0.717, 1.165) is 30.3 Å². The molecule has 0 aliphatic heterocycles. The molecule has 0 spiro atoms. The number of rotatable bonds is 8. The molecule has 0 aliphatic carbocycles. The molecule has 0 fully saturated rings. The van der Waals surface area contributed by atoms with Gasteiger partial charge in [0.05, 0.1) is 18.0 Å². The van der Waals surface area contributed by atoms with Gasteiger partial charge in [0.15, 0.2) is 0 Å². The third-order valence-electron chi connectivity index (χ3n) is 2.69. The molecule has 1 aromatic heterocycles. The number of thiazole rings is 1. The fourth-order valence-electron chi connectivity index (χ4n) is 1.58. The predicted octanol–water partition coefficient (Wildman–Crippen LogP) is 1.88. The lowest BCUT2D eigenvalue weighted by Gasteiger charge is -2.17. The molecule has 1 aromatic rings. The van der Waals surface area contributed by atoms with E-state index in [4.69, 9.17) is 11.6 Å². The molecule has 4 nitrogen and oxygen atoms in total. The number of aromatic nitrogens is 1.